The van der Waals surface area contributed by atoms with Crippen LogP contribution in [0.4, 0.5) is 10.5 Å². The quantitative estimate of drug-likeness (QED) is 0.888. The predicted octanol–water partition coefficient (Wildman–Crippen LogP) is 1.91. The number of hydrogen-bond acceptors (Lipinski definition) is 3. The van der Waals surface area contributed by atoms with Crippen molar-refractivity contribution >= 4 is 17.7 Å². The van der Waals surface area contributed by atoms with Crippen molar-refractivity contribution in [1.29, 1.82) is 0 Å². The summed E-state index contributed by atoms with van der Waals surface area (Å²) in [6.07, 6.45) is 0.297. The van der Waals surface area contributed by atoms with E-state index in [9.17, 15) is 9.59 Å². The molecule has 1 N–H and O–H groups in total. The average molecular weight is 249 g/mol. The lowest BCUT2D eigenvalue weighted by molar-refractivity contribution is -0.143. The summed E-state index contributed by atoms with van der Waals surface area (Å²) in [6, 6.07) is 7.45. The molecule has 0 aliphatic carbocycles. The maximum absolute atomic E-state index is 11.7. The second kappa shape index (κ2) is 5.08. The van der Waals surface area contributed by atoms with Crippen LogP contribution in [0.2, 0.25) is 0 Å². The third-order valence-electron chi connectivity index (χ3n) is 3.04. The number of nitrogens with zero attached hydrogens (tertiary/aromatic N) is 1. The third kappa shape index (κ3) is 2.30. The number of benzene rings is 1. The minimum atomic E-state index is -0.943. The highest BCUT2D eigenvalue weighted by atomic mass is 16.6. The number of hydrogen-bond donors (Lipinski definition) is 1. The fourth-order valence-corrected chi connectivity index (χ4v) is 2.02. The molecule has 1 saturated heterocycles. The van der Waals surface area contributed by atoms with Crippen molar-refractivity contribution in [2.24, 2.45) is 5.92 Å². The Balaban J connectivity index is 2.29. The fraction of sp³-hybridized carbons (Fsp3) is 0.385. The maximum Gasteiger partial charge on any atom is 0.414 e. The molecule has 18 heavy (non-hydrogen) atoms. The van der Waals surface area contributed by atoms with Crippen molar-refractivity contribution in [2.75, 3.05) is 18.1 Å². The van der Waals surface area contributed by atoms with E-state index in [4.69, 9.17) is 9.84 Å². The zero-order valence-electron chi connectivity index (χ0n) is 10.1. The number of carbonyl (C=O) groups excluding carboxylic acids is 1. The molecule has 1 amide bonds. The van der Waals surface area contributed by atoms with Gasteiger partial charge in [0.05, 0.1) is 5.69 Å². The van der Waals surface area contributed by atoms with E-state index in [0.717, 1.165) is 17.7 Å². The maximum atomic E-state index is 11.7. The molecule has 1 atom stereocenters. The van der Waals surface area contributed by atoms with Gasteiger partial charge in [-0.3, -0.25) is 9.69 Å². The molecule has 5 nitrogen and oxygen atoms in total. The molecule has 96 valence electrons. The van der Waals surface area contributed by atoms with Gasteiger partial charge in [-0.05, 0) is 18.1 Å². The van der Waals surface area contributed by atoms with Crippen molar-refractivity contribution < 1.29 is 19.4 Å². The molecule has 0 radical (unpaired) electrons. The monoisotopic (exact) mass is 249 g/mol. The Hall–Kier alpha value is -2.04. The number of carbonyl (C=O) groups is 2. The Morgan fingerprint density at radius 3 is 2.89 bits per heavy atom. The number of cyclic esters (lactones) is 1. The van der Waals surface area contributed by atoms with Crippen LogP contribution < -0.4 is 4.90 Å². The van der Waals surface area contributed by atoms with Gasteiger partial charge in [-0.15, -0.1) is 0 Å². The van der Waals surface area contributed by atoms with Crippen LogP contribution in [0.3, 0.4) is 0 Å². The Bertz CT molecular complexity index is 472. The van der Waals surface area contributed by atoms with E-state index in [-0.39, 0.29) is 13.2 Å². The number of ether oxygens (including phenoxy) is 1. The van der Waals surface area contributed by atoms with E-state index < -0.39 is 18.0 Å². The van der Waals surface area contributed by atoms with E-state index in [2.05, 4.69) is 0 Å². The molecule has 0 bridgehead atoms. The third-order valence-corrected chi connectivity index (χ3v) is 3.04. The molecule has 1 aliphatic heterocycles. The van der Waals surface area contributed by atoms with Crippen molar-refractivity contribution in [3.8, 4) is 0 Å². The minimum absolute atomic E-state index is 0.0566. The van der Waals surface area contributed by atoms with Gasteiger partial charge in [0.25, 0.3) is 0 Å². The van der Waals surface area contributed by atoms with Crippen LogP contribution in [-0.4, -0.2) is 30.3 Å². The van der Waals surface area contributed by atoms with Crippen LogP contribution in [0.15, 0.2) is 24.3 Å². The number of aryl methyl sites for hydroxylation is 1. The Morgan fingerprint density at radius 1 is 1.50 bits per heavy atom. The summed E-state index contributed by atoms with van der Waals surface area (Å²) >= 11 is 0. The number of aliphatic carboxylic acids is 1. The van der Waals surface area contributed by atoms with E-state index in [1.807, 2.05) is 31.2 Å². The number of carboxylic acid groups (broad SMARTS) is 1. The normalized spacial score (nSPS) is 19.5. The van der Waals surface area contributed by atoms with Crippen LogP contribution in [0.25, 0.3) is 0 Å². The second-order valence-corrected chi connectivity index (χ2v) is 4.20. The number of rotatable bonds is 3. The first kappa shape index (κ1) is 12.4. The van der Waals surface area contributed by atoms with E-state index in [1.54, 1.807) is 0 Å². The lowest BCUT2D eigenvalue weighted by atomic mass is 10.1. The molecule has 0 saturated carbocycles. The topological polar surface area (TPSA) is 66.8 Å². The van der Waals surface area contributed by atoms with Gasteiger partial charge in [0.15, 0.2) is 0 Å². The summed E-state index contributed by atoms with van der Waals surface area (Å²) in [5.41, 5.74) is 1.73. The summed E-state index contributed by atoms with van der Waals surface area (Å²) in [4.78, 5) is 24.1. The molecule has 2 rings (SSSR count). The predicted molar refractivity (Wildman–Crippen MR) is 65.6 cm³/mol. The number of carboxylic acids is 1. The van der Waals surface area contributed by atoms with Gasteiger partial charge in [0.2, 0.25) is 0 Å². The van der Waals surface area contributed by atoms with Crippen molar-refractivity contribution in [1.82, 2.24) is 0 Å². The smallest absolute Gasteiger partial charge is 0.414 e. The second-order valence-electron chi connectivity index (χ2n) is 4.20. The van der Waals surface area contributed by atoms with Crippen molar-refractivity contribution in [3.05, 3.63) is 29.8 Å². The SMILES string of the molecule is CCc1ccccc1N1CC(C(=O)O)COC1=O. The first-order valence-corrected chi connectivity index (χ1v) is 5.88. The van der Waals surface area contributed by atoms with E-state index in [0.29, 0.717) is 0 Å². The van der Waals surface area contributed by atoms with Gasteiger partial charge in [-0.1, -0.05) is 25.1 Å². The summed E-state index contributed by atoms with van der Waals surface area (Å²) in [5.74, 6) is -1.62. The average Bonchev–Trinajstić information content (AvgIpc) is 2.39. The molecule has 1 aromatic rings. The molecule has 1 aromatic carbocycles. The van der Waals surface area contributed by atoms with Gasteiger partial charge in [0, 0.05) is 6.54 Å². The minimum Gasteiger partial charge on any atom is -0.481 e. The molecule has 1 aliphatic rings. The van der Waals surface area contributed by atoms with Gasteiger partial charge in [-0.25, -0.2) is 4.79 Å². The fourth-order valence-electron chi connectivity index (χ4n) is 2.02. The molecule has 0 spiro atoms. The van der Waals surface area contributed by atoms with E-state index in [1.165, 1.54) is 4.90 Å². The number of anilines is 1. The first-order chi connectivity index (χ1) is 8.63. The molecule has 1 fully saturated rings. The molecule has 0 aromatic heterocycles. The molecule has 5 heteroatoms. The standard InChI is InChI=1S/C13H15NO4/c1-2-9-5-3-4-6-11(9)14-7-10(12(15)16)8-18-13(14)17/h3-6,10H,2,7-8H2,1H3,(H,15,16). The lowest BCUT2D eigenvalue weighted by Gasteiger charge is -2.31. The number of para-hydroxylation sites is 1. The van der Waals surface area contributed by atoms with Gasteiger partial charge >= 0.3 is 12.1 Å². The highest BCUT2D eigenvalue weighted by Gasteiger charge is 2.33. The summed E-state index contributed by atoms with van der Waals surface area (Å²) < 4.78 is 4.92. The van der Waals surface area contributed by atoms with E-state index >= 15 is 0 Å². The summed E-state index contributed by atoms with van der Waals surface area (Å²) in [5, 5.41) is 9.00. The van der Waals surface area contributed by atoms with Gasteiger partial charge in [-0.2, -0.15) is 0 Å². The first-order valence-electron chi connectivity index (χ1n) is 5.88. The lowest BCUT2D eigenvalue weighted by Crippen LogP contribution is -2.46. The Kier molecular flexibility index (Phi) is 3.50. The summed E-state index contributed by atoms with van der Waals surface area (Å²) in [7, 11) is 0. The van der Waals surface area contributed by atoms with Gasteiger partial charge < -0.3 is 9.84 Å². The number of amides is 1. The zero-order valence-corrected chi connectivity index (χ0v) is 10.1. The largest absolute Gasteiger partial charge is 0.481 e. The van der Waals surface area contributed by atoms with Crippen LogP contribution in [0, 0.1) is 5.92 Å². The van der Waals surface area contributed by atoms with Crippen molar-refractivity contribution in [2.45, 2.75) is 13.3 Å². The molecular weight excluding hydrogens is 234 g/mol. The Labute approximate surface area is 105 Å². The molecule has 1 heterocycles. The van der Waals surface area contributed by atoms with Crippen LogP contribution >= 0.6 is 0 Å². The van der Waals surface area contributed by atoms with Crippen LogP contribution in [0.1, 0.15) is 12.5 Å². The molecule has 1 unspecified atom stereocenters. The van der Waals surface area contributed by atoms with Crippen LogP contribution in [-0.2, 0) is 16.0 Å². The highest BCUT2D eigenvalue weighted by molar-refractivity contribution is 5.91. The zero-order chi connectivity index (χ0) is 13.1. The molecular formula is C13H15NO4. The van der Waals surface area contributed by atoms with Gasteiger partial charge in [0.1, 0.15) is 12.5 Å². The summed E-state index contributed by atoms with van der Waals surface area (Å²) in [6.45, 7) is 2.09. The van der Waals surface area contributed by atoms with Crippen LogP contribution in [0.5, 0.6) is 0 Å². The highest BCUT2D eigenvalue weighted by Crippen LogP contribution is 2.25. The van der Waals surface area contributed by atoms with Crippen molar-refractivity contribution in [3.63, 3.8) is 0 Å². The Morgan fingerprint density at radius 2 is 2.22 bits per heavy atom.